The van der Waals surface area contributed by atoms with Crippen LogP contribution in [0, 0.1) is 0 Å². The van der Waals surface area contributed by atoms with Gasteiger partial charge in [-0.2, -0.15) is 4.90 Å². The Morgan fingerprint density at radius 1 is 0.641 bits per heavy atom. The number of benzene rings is 3. The minimum atomic E-state index is 0.0928. The summed E-state index contributed by atoms with van der Waals surface area (Å²) in [7, 11) is 5.17. The predicted molar refractivity (Wildman–Crippen MR) is 165 cm³/mol. The highest BCUT2D eigenvalue weighted by atomic mass is 31.0. The fourth-order valence-corrected chi connectivity index (χ4v) is 6.28. The van der Waals surface area contributed by atoms with Gasteiger partial charge in [0.2, 0.25) is 0 Å². The summed E-state index contributed by atoms with van der Waals surface area (Å²) in [6.45, 7) is 9.11. The summed E-state index contributed by atoms with van der Waals surface area (Å²) in [5.74, 6) is 2.39. The first-order chi connectivity index (χ1) is 18.8. The summed E-state index contributed by atoms with van der Waals surface area (Å²) in [5.41, 5.74) is 10.0. The van der Waals surface area contributed by atoms with Crippen molar-refractivity contribution in [3.05, 3.63) is 126 Å². The fourth-order valence-electron chi connectivity index (χ4n) is 5.85. The molecule has 0 saturated heterocycles. The van der Waals surface area contributed by atoms with Crippen LogP contribution in [0.2, 0.25) is 0 Å². The van der Waals surface area contributed by atoms with Gasteiger partial charge in [-0.05, 0) is 58.5 Å². The smallest absolute Gasteiger partial charge is 0.229 e. The molecule has 0 amide bonds. The van der Waals surface area contributed by atoms with Gasteiger partial charge in [0.25, 0.3) is 11.6 Å². The quantitative estimate of drug-likeness (QED) is 0.158. The van der Waals surface area contributed by atoms with Crippen LogP contribution in [0.3, 0.4) is 0 Å². The Hall–Kier alpha value is -3.81. The Kier molecular flexibility index (Phi) is 6.36. The normalized spacial score (nSPS) is 14.6. The molecular weight excluding hydrogens is 493 g/mol. The molecule has 0 saturated carbocycles. The van der Waals surface area contributed by atoms with Crippen LogP contribution in [0.25, 0.3) is 22.5 Å². The number of fused-ring (bicyclic) bond motifs is 8. The SMILES string of the molecule is CC1c2ccccc2-c2cccc([n+]2C)N(c2ccc(C(C)(C)C)cc2)c2cccc([n+]2P)-c2ccccc21. The van der Waals surface area contributed by atoms with Gasteiger partial charge in [-0.25, -0.2) is 8.90 Å². The summed E-state index contributed by atoms with van der Waals surface area (Å²) < 4.78 is 4.58. The maximum Gasteiger partial charge on any atom is 0.292 e. The zero-order valence-electron chi connectivity index (χ0n) is 23.4. The maximum absolute atomic E-state index is 2.99. The molecule has 3 heterocycles. The van der Waals surface area contributed by atoms with Gasteiger partial charge in [-0.3, -0.25) is 0 Å². The third-order valence-electron chi connectivity index (χ3n) is 8.07. The van der Waals surface area contributed by atoms with Crippen molar-refractivity contribution in [2.45, 2.75) is 39.0 Å². The van der Waals surface area contributed by atoms with E-state index in [1.165, 1.54) is 33.5 Å². The molecule has 0 fully saturated rings. The fraction of sp³-hybridized carbons (Fsp3) is 0.200. The van der Waals surface area contributed by atoms with Gasteiger partial charge in [0, 0.05) is 29.2 Å². The van der Waals surface area contributed by atoms with Gasteiger partial charge in [0.15, 0.2) is 0 Å². The van der Waals surface area contributed by atoms with Crippen molar-refractivity contribution in [2.24, 2.45) is 7.05 Å². The average molecular weight is 530 g/mol. The molecule has 194 valence electrons. The second kappa shape index (κ2) is 9.74. The zero-order valence-corrected chi connectivity index (χ0v) is 24.5. The van der Waals surface area contributed by atoms with Gasteiger partial charge in [-0.1, -0.05) is 88.4 Å². The number of hydrogen-bond acceptors (Lipinski definition) is 1. The second-order valence-electron chi connectivity index (χ2n) is 11.5. The van der Waals surface area contributed by atoms with E-state index in [2.05, 4.69) is 167 Å². The van der Waals surface area contributed by atoms with Crippen molar-refractivity contribution >= 4 is 26.7 Å². The number of rotatable bonds is 1. The summed E-state index contributed by atoms with van der Waals surface area (Å²) >= 11 is 0. The third-order valence-corrected chi connectivity index (χ3v) is 8.61. The molecule has 1 aliphatic rings. The molecule has 39 heavy (non-hydrogen) atoms. The maximum atomic E-state index is 2.99. The number of nitrogens with zero attached hydrogens (tertiary/aromatic N) is 3. The molecule has 2 unspecified atom stereocenters. The monoisotopic (exact) mass is 529 g/mol. The molecule has 1 aliphatic heterocycles. The summed E-state index contributed by atoms with van der Waals surface area (Å²) in [6.07, 6.45) is 0. The van der Waals surface area contributed by atoms with Crippen molar-refractivity contribution in [1.29, 1.82) is 0 Å². The first-order valence-electron chi connectivity index (χ1n) is 13.6. The average Bonchev–Trinajstić information content (AvgIpc) is 2.94. The first-order valence-corrected chi connectivity index (χ1v) is 14.2. The van der Waals surface area contributed by atoms with Crippen molar-refractivity contribution in [1.82, 2.24) is 0 Å². The zero-order chi connectivity index (χ0) is 27.3. The van der Waals surface area contributed by atoms with E-state index < -0.39 is 0 Å². The highest BCUT2D eigenvalue weighted by Crippen LogP contribution is 2.40. The second-order valence-corrected chi connectivity index (χ2v) is 12.0. The Bertz CT molecular complexity index is 1580. The summed E-state index contributed by atoms with van der Waals surface area (Å²) in [6, 6.07) is 39.9. The molecule has 3 aromatic carbocycles. The standard InChI is InChI=1S/C35H36N3P/c1-24-27-12-6-8-14-29(27)31-16-10-18-33(36(31)5)37(26-22-20-25(21-23-26)35(2,3)4)34-19-11-17-32(38(34)39)30-15-9-7-13-28(24)30/h6-24H,39H2,1-5H3/q+2. The molecule has 4 bridgehead atoms. The van der Waals surface area contributed by atoms with Crippen molar-refractivity contribution in [2.75, 3.05) is 4.90 Å². The van der Waals surface area contributed by atoms with Crippen molar-refractivity contribution in [3.8, 4) is 22.5 Å². The van der Waals surface area contributed by atoms with Crippen LogP contribution in [0.1, 0.15) is 50.3 Å². The van der Waals surface area contributed by atoms with E-state index in [1.54, 1.807) is 0 Å². The minimum absolute atomic E-state index is 0.0928. The van der Waals surface area contributed by atoms with Crippen LogP contribution in [0.4, 0.5) is 17.3 Å². The molecule has 2 aromatic heterocycles. The number of hydrogen-bond donors (Lipinski definition) is 0. The third kappa shape index (κ3) is 4.36. The van der Waals surface area contributed by atoms with E-state index in [-0.39, 0.29) is 11.3 Å². The summed E-state index contributed by atoms with van der Waals surface area (Å²) in [4.78, 5) is 2.36. The van der Waals surface area contributed by atoms with Crippen LogP contribution in [0.15, 0.2) is 109 Å². The van der Waals surface area contributed by atoms with Crippen LogP contribution in [0.5, 0.6) is 0 Å². The minimum Gasteiger partial charge on any atom is -0.229 e. The van der Waals surface area contributed by atoms with E-state index in [0.717, 1.165) is 23.0 Å². The molecule has 0 aliphatic carbocycles. The van der Waals surface area contributed by atoms with E-state index in [4.69, 9.17) is 0 Å². The molecular formula is C35H36N3P+2. The lowest BCUT2D eigenvalue weighted by Gasteiger charge is -2.25. The molecule has 4 heteroatoms. The van der Waals surface area contributed by atoms with Crippen molar-refractivity contribution < 1.29 is 8.90 Å². The highest BCUT2D eigenvalue weighted by molar-refractivity contribution is 7.07. The van der Waals surface area contributed by atoms with Gasteiger partial charge < -0.3 is 0 Å². The molecule has 3 nitrogen and oxygen atoms in total. The van der Waals surface area contributed by atoms with E-state index in [9.17, 15) is 0 Å². The number of pyridine rings is 2. The molecule has 5 aromatic rings. The largest absolute Gasteiger partial charge is 0.292 e. The lowest BCUT2D eigenvalue weighted by molar-refractivity contribution is -0.647. The topological polar surface area (TPSA) is 11.0 Å². The van der Waals surface area contributed by atoms with Crippen molar-refractivity contribution in [3.63, 3.8) is 0 Å². The Labute approximate surface area is 234 Å². The molecule has 0 radical (unpaired) electrons. The summed E-state index contributed by atoms with van der Waals surface area (Å²) in [5, 5.41) is 0. The number of anilines is 3. The lowest BCUT2D eigenvalue weighted by Crippen LogP contribution is -2.41. The lowest BCUT2D eigenvalue weighted by atomic mass is 9.85. The highest BCUT2D eigenvalue weighted by Gasteiger charge is 2.32. The Balaban J connectivity index is 1.71. The first kappa shape index (κ1) is 25.5. The predicted octanol–water partition coefficient (Wildman–Crippen LogP) is 8.00. The number of aromatic nitrogens is 2. The molecule has 6 rings (SSSR count). The van der Waals surface area contributed by atoms with Crippen LogP contribution in [-0.2, 0) is 12.5 Å². The Morgan fingerprint density at radius 3 is 1.79 bits per heavy atom. The van der Waals surface area contributed by atoms with Gasteiger partial charge in [0.05, 0.1) is 16.4 Å². The van der Waals surface area contributed by atoms with Gasteiger partial charge in [-0.15, -0.1) is 0 Å². The van der Waals surface area contributed by atoms with E-state index >= 15 is 0 Å². The Morgan fingerprint density at radius 2 is 1.18 bits per heavy atom. The van der Waals surface area contributed by atoms with Gasteiger partial charge >= 0.3 is 0 Å². The molecule has 0 spiro atoms. The van der Waals surface area contributed by atoms with Crippen LogP contribution >= 0.6 is 9.39 Å². The van der Waals surface area contributed by atoms with Crippen LogP contribution in [-0.4, -0.2) is 0 Å². The molecule has 0 N–H and O–H groups in total. The van der Waals surface area contributed by atoms with E-state index in [1.807, 2.05) is 0 Å². The van der Waals surface area contributed by atoms with E-state index in [0.29, 0.717) is 0 Å². The van der Waals surface area contributed by atoms with Crippen LogP contribution < -0.4 is 13.8 Å². The van der Waals surface area contributed by atoms with Gasteiger partial charge in [0.1, 0.15) is 17.1 Å². The molecule has 2 atom stereocenters.